The summed E-state index contributed by atoms with van der Waals surface area (Å²) in [6.07, 6.45) is 0. The summed E-state index contributed by atoms with van der Waals surface area (Å²) in [5, 5.41) is 8.95. The minimum absolute atomic E-state index is 0.0494. The number of thiocarbonyl (C=S) groups is 1. The van der Waals surface area contributed by atoms with Crippen LogP contribution in [0.3, 0.4) is 0 Å². The number of halogens is 1. The van der Waals surface area contributed by atoms with Crippen LogP contribution in [0.25, 0.3) is 0 Å². The first-order chi connectivity index (χ1) is 16.1. The lowest BCUT2D eigenvalue weighted by Gasteiger charge is -2.19. The third kappa shape index (κ3) is 7.57. The lowest BCUT2D eigenvalue weighted by molar-refractivity contribution is -0.121. The van der Waals surface area contributed by atoms with Crippen molar-refractivity contribution >= 4 is 52.1 Å². The Hall–Kier alpha value is -3.42. The van der Waals surface area contributed by atoms with Gasteiger partial charge in [-0.3, -0.25) is 14.9 Å². The summed E-state index contributed by atoms with van der Waals surface area (Å²) in [5.74, 6) is -0.0284. The van der Waals surface area contributed by atoms with Gasteiger partial charge < -0.3 is 15.4 Å². The Bertz CT molecular complexity index is 1170. The Balaban J connectivity index is 1.45. The maximum absolute atomic E-state index is 12.3. The molecule has 0 aromatic heterocycles. The Morgan fingerprint density at radius 2 is 1.53 bits per heavy atom. The predicted molar refractivity (Wildman–Crippen MR) is 141 cm³/mol. The molecule has 0 saturated carbocycles. The summed E-state index contributed by atoms with van der Waals surface area (Å²) in [5.41, 5.74) is 2.96. The average Bonchev–Trinajstić information content (AvgIpc) is 2.78. The first-order valence-electron chi connectivity index (χ1n) is 10.6. The lowest BCUT2D eigenvalue weighted by Crippen LogP contribution is -2.37. The fourth-order valence-electron chi connectivity index (χ4n) is 2.99. The topological polar surface area (TPSA) is 79.5 Å². The van der Waals surface area contributed by atoms with Gasteiger partial charge in [0.15, 0.2) is 11.7 Å². The maximum Gasteiger partial charge on any atom is 0.264 e. The Labute approximate surface area is 209 Å². The van der Waals surface area contributed by atoms with Crippen molar-refractivity contribution in [2.75, 3.05) is 17.2 Å². The third-order valence-corrected chi connectivity index (χ3v) is 5.27. The fourth-order valence-corrected chi connectivity index (χ4v) is 3.42. The quantitative estimate of drug-likeness (QED) is 0.378. The Kier molecular flexibility index (Phi) is 8.26. The average molecular weight is 496 g/mol. The van der Waals surface area contributed by atoms with E-state index in [1.165, 1.54) is 5.56 Å². The molecule has 3 N–H and O–H groups in total. The molecule has 0 heterocycles. The van der Waals surface area contributed by atoms with Gasteiger partial charge in [-0.15, -0.1) is 0 Å². The number of amides is 2. The van der Waals surface area contributed by atoms with E-state index in [-0.39, 0.29) is 28.9 Å². The first kappa shape index (κ1) is 25.2. The molecule has 0 spiro atoms. The minimum Gasteiger partial charge on any atom is -0.484 e. The van der Waals surface area contributed by atoms with Crippen LogP contribution in [0.4, 0.5) is 11.4 Å². The highest BCUT2D eigenvalue weighted by Crippen LogP contribution is 2.24. The second-order valence-corrected chi connectivity index (χ2v) is 9.45. The molecule has 6 nitrogen and oxygen atoms in total. The van der Waals surface area contributed by atoms with E-state index in [1.54, 1.807) is 48.5 Å². The van der Waals surface area contributed by atoms with Crippen LogP contribution >= 0.6 is 23.8 Å². The number of nitrogens with one attached hydrogen (secondary N) is 3. The number of benzene rings is 3. The van der Waals surface area contributed by atoms with E-state index >= 15 is 0 Å². The molecule has 0 saturated heterocycles. The van der Waals surface area contributed by atoms with Gasteiger partial charge in [0, 0.05) is 22.0 Å². The van der Waals surface area contributed by atoms with Crippen molar-refractivity contribution in [3.8, 4) is 5.75 Å². The molecule has 0 fully saturated rings. The van der Waals surface area contributed by atoms with Crippen LogP contribution in [0.5, 0.6) is 5.75 Å². The van der Waals surface area contributed by atoms with E-state index in [2.05, 4.69) is 36.7 Å². The summed E-state index contributed by atoms with van der Waals surface area (Å²) in [4.78, 5) is 24.5. The number of hydrogen-bond donors (Lipinski definition) is 3. The molecule has 3 aromatic carbocycles. The van der Waals surface area contributed by atoms with Crippen LogP contribution in [-0.4, -0.2) is 23.5 Å². The van der Waals surface area contributed by atoms with Gasteiger partial charge in [-0.25, -0.2) is 0 Å². The first-order valence-corrected chi connectivity index (χ1v) is 11.4. The zero-order valence-electron chi connectivity index (χ0n) is 19.1. The number of ether oxygens (including phenoxy) is 1. The molecule has 0 aliphatic heterocycles. The highest BCUT2D eigenvalue weighted by atomic mass is 35.5. The van der Waals surface area contributed by atoms with E-state index in [9.17, 15) is 9.59 Å². The zero-order valence-corrected chi connectivity index (χ0v) is 20.7. The molecular weight excluding hydrogens is 470 g/mol. The van der Waals surface area contributed by atoms with Gasteiger partial charge in [0.1, 0.15) is 5.75 Å². The van der Waals surface area contributed by atoms with Crippen molar-refractivity contribution in [1.29, 1.82) is 0 Å². The standard InChI is InChI=1S/C26H26ClN3O3S/c1-26(2,3)18-7-13-22(14-8-18)33-16-23(31)30-25(34)29-21-11-9-20(10-12-21)28-24(32)17-5-4-6-19(27)15-17/h4-15H,16H2,1-3H3,(H,28,32)(H2,29,30,31,34). The molecule has 0 unspecified atom stereocenters. The third-order valence-electron chi connectivity index (χ3n) is 4.83. The highest BCUT2D eigenvalue weighted by molar-refractivity contribution is 7.80. The number of carbonyl (C=O) groups excluding carboxylic acids is 2. The van der Waals surface area contributed by atoms with Crippen molar-refractivity contribution in [3.05, 3.63) is 88.9 Å². The van der Waals surface area contributed by atoms with Gasteiger partial charge in [-0.05, 0) is 77.8 Å². The normalized spacial score (nSPS) is 10.8. The van der Waals surface area contributed by atoms with Gasteiger partial charge in [-0.1, -0.05) is 50.6 Å². The molecule has 0 radical (unpaired) electrons. The van der Waals surface area contributed by atoms with Crippen LogP contribution in [0.1, 0.15) is 36.7 Å². The summed E-state index contributed by atoms with van der Waals surface area (Å²) in [7, 11) is 0. The predicted octanol–water partition coefficient (Wildman–Crippen LogP) is 5.78. The van der Waals surface area contributed by atoms with E-state index in [4.69, 9.17) is 28.6 Å². The van der Waals surface area contributed by atoms with E-state index < -0.39 is 0 Å². The van der Waals surface area contributed by atoms with Gasteiger partial charge in [0.05, 0.1) is 0 Å². The smallest absolute Gasteiger partial charge is 0.264 e. The Morgan fingerprint density at radius 3 is 2.12 bits per heavy atom. The number of hydrogen-bond acceptors (Lipinski definition) is 4. The van der Waals surface area contributed by atoms with Crippen LogP contribution in [-0.2, 0) is 10.2 Å². The molecule has 0 aliphatic carbocycles. The van der Waals surface area contributed by atoms with Crippen molar-refractivity contribution < 1.29 is 14.3 Å². The number of rotatable bonds is 6. The molecule has 2 amide bonds. The molecular formula is C26H26ClN3O3S. The van der Waals surface area contributed by atoms with Gasteiger partial charge in [0.25, 0.3) is 11.8 Å². The van der Waals surface area contributed by atoms with E-state index in [0.717, 1.165) is 0 Å². The summed E-state index contributed by atoms with van der Waals surface area (Å²) < 4.78 is 5.54. The molecule has 8 heteroatoms. The molecule has 0 aliphatic rings. The number of carbonyl (C=O) groups is 2. The molecule has 176 valence electrons. The minimum atomic E-state index is -0.372. The van der Waals surface area contributed by atoms with Crippen molar-refractivity contribution in [3.63, 3.8) is 0 Å². The monoisotopic (exact) mass is 495 g/mol. The second-order valence-electron chi connectivity index (χ2n) is 8.61. The van der Waals surface area contributed by atoms with Gasteiger partial charge in [-0.2, -0.15) is 0 Å². The van der Waals surface area contributed by atoms with E-state index in [1.807, 2.05) is 24.3 Å². The van der Waals surface area contributed by atoms with Crippen LogP contribution < -0.4 is 20.7 Å². The summed E-state index contributed by atoms with van der Waals surface area (Å²) >= 11 is 11.1. The molecule has 0 atom stereocenters. The number of anilines is 2. The maximum atomic E-state index is 12.3. The van der Waals surface area contributed by atoms with Gasteiger partial charge >= 0.3 is 0 Å². The second kappa shape index (κ2) is 11.1. The van der Waals surface area contributed by atoms with Crippen molar-refractivity contribution in [1.82, 2.24) is 5.32 Å². The summed E-state index contributed by atoms with van der Waals surface area (Å²) in [6.45, 7) is 6.24. The van der Waals surface area contributed by atoms with Gasteiger partial charge in [0.2, 0.25) is 0 Å². The highest BCUT2D eigenvalue weighted by Gasteiger charge is 2.13. The Morgan fingerprint density at radius 1 is 0.912 bits per heavy atom. The van der Waals surface area contributed by atoms with E-state index in [0.29, 0.717) is 27.7 Å². The largest absolute Gasteiger partial charge is 0.484 e. The molecule has 0 bridgehead atoms. The SMILES string of the molecule is CC(C)(C)c1ccc(OCC(=O)NC(=S)Nc2ccc(NC(=O)c3cccc(Cl)c3)cc2)cc1. The van der Waals surface area contributed by atoms with Crippen molar-refractivity contribution in [2.45, 2.75) is 26.2 Å². The van der Waals surface area contributed by atoms with Crippen molar-refractivity contribution in [2.24, 2.45) is 0 Å². The molecule has 3 aromatic rings. The van der Waals surface area contributed by atoms with Crippen LogP contribution in [0.2, 0.25) is 5.02 Å². The molecule has 34 heavy (non-hydrogen) atoms. The molecule has 3 rings (SSSR count). The lowest BCUT2D eigenvalue weighted by atomic mass is 9.87. The fraction of sp³-hybridized carbons (Fsp3) is 0.192. The van der Waals surface area contributed by atoms with Crippen LogP contribution in [0, 0.1) is 0 Å². The summed E-state index contributed by atoms with van der Waals surface area (Å²) in [6, 6.07) is 21.3. The zero-order chi connectivity index (χ0) is 24.7. The van der Waals surface area contributed by atoms with Crippen LogP contribution in [0.15, 0.2) is 72.8 Å².